The number of primary amides is 1. The van der Waals surface area contributed by atoms with Gasteiger partial charge in [0.2, 0.25) is 5.89 Å². The lowest BCUT2D eigenvalue weighted by Crippen LogP contribution is -2.43. The first kappa shape index (κ1) is 21.2. The van der Waals surface area contributed by atoms with E-state index in [0.29, 0.717) is 18.8 Å². The number of hydrogen-bond donors (Lipinski definition) is 1. The molecule has 170 valence electrons. The normalized spacial score (nSPS) is 15.9. The van der Waals surface area contributed by atoms with Gasteiger partial charge in [-0.05, 0) is 56.5 Å². The molecule has 1 fully saturated rings. The smallest absolute Gasteiger partial charge is 0.265 e. The van der Waals surface area contributed by atoms with Gasteiger partial charge in [-0.15, -0.1) is 0 Å². The van der Waals surface area contributed by atoms with Gasteiger partial charge in [-0.1, -0.05) is 24.6 Å². The number of benzene rings is 2. The molecule has 2 aromatic heterocycles. The summed E-state index contributed by atoms with van der Waals surface area (Å²) in [5.74, 6) is 0.0409. The molecule has 33 heavy (non-hydrogen) atoms. The number of carbonyl (C=O) groups is 1. The molecule has 0 aliphatic carbocycles. The van der Waals surface area contributed by atoms with Gasteiger partial charge in [-0.3, -0.25) is 9.59 Å². The van der Waals surface area contributed by atoms with Gasteiger partial charge in [0, 0.05) is 30.9 Å². The summed E-state index contributed by atoms with van der Waals surface area (Å²) in [5.41, 5.74) is 10.5. The van der Waals surface area contributed by atoms with Crippen LogP contribution in [0.3, 0.4) is 0 Å². The van der Waals surface area contributed by atoms with E-state index >= 15 is 0 Å². The van der Waals surface area contributed by atoms with Gasteiger partial charge >= 0.3 is 0 Å². The van der Waals surface area contributed by atoms with Crippen molar-refractivity contribution in [3.05, 3.63) is 69.3 Å². The molecule has 1 aliphatic heterocycles. The maximum Gasteiger partial charge on any atom is 0.265 e. The fourth-order valence-corrected chi connectivity index (χ4v) is 4.92. The quantitative estimate of drug-likeness (QED) is 0.516. The van der Waals surface area contributed by atoms with Crippen molar-refractivity contribution in [2.24, 2.45) is 12.8 Å². The van der Waals surface area contributed by atoms with Gasteiger partial charge in [0.1, 0.15) is 11.1 Å². The molecule has 0 spiro atoms. The molecule has 1 saturated heterocycles. The predicted octanol–water partition coefficient (Wildman–Crippen LogP) is 3.95. The largest absolute Gasteiger partial charge is 0.440 e. The van der Waals surface area contributed by atoms with E-state index in [0.717, 1.165) is 51.9 Å². The molecule has 1 amide bonds. The average Bonchev–Trinajstić information content (AvgIpc) is 3.20. The van der Waals surface area contributed by atoms with Crippen molar-refractivity contribution in [3.63, 3.8) is 0 Å². The Morgan fingerprint density at radius 3 is 2.45 bits per heavy atom. The Morgan fingerprint density at radius 2 is 1.76 bits per heavy atom. The highest BCUT2D eigenvalue weighted by atomic mass is 16.3. The fraction of sp³-hybridized carbons (Fsp3) is 0.346. The first-order valence-corrected chi connectivity index (χ1v) is 11.2. The summed E-state index contributed by atoms with van der Waals surface area (Å²) in [7, 11) is 1.68. The number of piperidine rings is 1. The number of fused-ring (bicyclic) bond motifs is 2. The topological polar surface area (TPSA) is 94.4 Å². The summed E-state index contributed by atoms with van der Waals surface area (Å²) in [6.45, 7) is 7.52. The SMILES string of the molecule is Cc1ccc2nc(C3(C)CCN(c4c(C(N)=O)c(=O)n(C)c5ccc(C)cc45)CC3)oc2c1. The van der Waals surface area contributed by atoms with Crippen LogP contribution < -0.4 is 16.2 Å². The Kier molecular flexibility index (Phi) is 4.81. The summed E-state index contributed by atoms with van der Waals surface area (Å²) in [4.78, 5) is 32.3. The second-order valence-corrected chi connectivity index (χ2v) is 9.51. The summed E-state index contributed by atoms with van der Waals surface area (Å²) in [6.07, 6.45) is 1.55. The van der Waals surface area contributed by atoms with Crippen molar-refractivity contribution >= 4 is 33.6 Å². The lowest BCUT2D eigenvalue weighted by Gasteiger charge is -2.39. The third kappa shape index (κ3) is 3.39. The Morgan fingerprint density at radius 1 is 1.09 bits per heavy atom. The molecule has 0 radical (unpaired) electrons. The highest BCUT2D eigenvalue weighted by Gasteiger charge is 2.38. The molecule has 3 heterocycles. The minimum atomic E-state index is -0.698. The molecular formula is C26H28N4O3. The van der Waals surface area contributed by atoms with Crippen LogP contribution >= 0.6 is 0 Å². The Bertz CT molecular complexity index is 1470. The van der Waals surface area contributed by atoms with E-state index in [2.05, 4.69) is 11.8 Å². The van der Waals surface area contributed by atoms with E-state index in [4.69, 9.17) is 15.1 Å². The van der Waals surface area contributed by atoms with Crippen LogP contribution in [0.5, 0.6) is 0 Å². The van der Waals surface area contributed by atoms with Crippen LogP contribution in [0, 0.1) is 13.8 Å². The molecule has 7 nitrogen and oxygen atoms in total. The second-order valence-electron chi connectivity index (χ2n) is 9.51. The highest BCUT2D eigenvalue weighted by molar-refractivity contribution is 6.07. The van der Waals surface area contributed by atoms with Crippen LogP contribution in [-0.4, -0.2) is 28.5 Å². The van der Waals surface area contributed by atoms with Gasteiger partial charge in [-0.25, -0.2) is 4.98 Å². The van der Waals surface area contributed by atoms with Gasteiger partial charge in [0.05, 0.1) is 11.2 Å². The maximum atomic E-state index is 13.1. The summed E-state index contributed by atoms with van der Waals surface area (Å²) >= 11 is 0. The van der Waals surface area contributed by atoms with E-state index in [1.54, 1.807) is 7.05 Å². The fourth-order valence-electron chi connectivity index (χ4n) is 4.92. The molecule has 4 aromatic rings. The van der Waals surface area contributed by atoms with Crippen molar-refractivity contribution in [3.8, 4) is 0 Å². The number of nitrogens with zero attached hydrogens (tertiary/aromatic N) is 3. The number of aryl methyl sites for hydroxylation is 3. The van der Waals surface area contributed by atoms with Crippen molar-refractivity contribution in [2.45, 2.75) is 39.0 Å². The number of nitrogens with two attached hydrogens (primary N) is 1. The predicted molar refractivity (Wildman–Crippen MR) is 130 cm³/mol. The number of hydrogen-bond acceptors (Lipinski definition) is 5. The van der Waals surface area contributed by atoms with Crippen LogP contribution in [0.2, 0.25) is 0 Å². The zero-order valence-electron chi connectivity index (χ0n) is 19.4. The number of amides is 1. The van der Waals surface area contributed by atoms with Gasteiger partial charge in [0.15, 0.2) is 5.58 Å². The summed E-state index contributed by atoms with van der Waals surface area (Å²) in [5, 5.41) is 0.867. The molecule has 0 atom stereocenters. The van der Waals surface area contributed by atoms with Gasteiger partial charge < -0.3 is 19.6 Å². The zero-order chi connectivity index (χ0) is 23.5. The standard InChI is InChI=1S/C26H28N4O3/c1-15-6-8-19-17(13-15)22(21(23(27)31)24(32)29(19)4)30-11-9-26(3,10-12-30)25-28-18-7-5-16(2)14-20(18)33-25/h5-8,13-14H,9-12H2,1-4H3,(H2,27,31). The lowest BCUT2D eigenvalue weighted by atomic mass is 9.80. The lowest BCUT2D eigenvalue weighted by molar-refractivity contribution is 0.0999. The van der Waals surface area contributed by atoms with Crippen molar-refractivity contribution in [2.75, 3.05) is 18.0 Å². The van der Waals surface area contributed by atoms with Crippen LogP contribution in [0.15, 0.2) is 45.6 Å². The minimum Gasteiger partial charge on any atom is -0.440 e. The molecule has 2 aromatic carbocycles. The van der Waals surface area contributed by atoms with Crippen molar-refractivity contribution in [1.29, 1.82) is 0 Å². The highest BCUT2D eigenvalue weighted by Crippen LogP contribution is 2.39. The van der Waals surface area contributed by atoms with E-state index < -0.39 is 5.91 Å². The number of aromatic nitrogens is 2. The van der Waals surface area contributed by atoms with Crippen LogP contribution in [-0.2, 0) is 12.5 Å². The number of anilines is 1. The molecule has 0 unspecified atom stereocenters. The summed E-state index contributed by atoms with van der Waals surface area (Å²) in [6, 6.07) is 12.0. The van der Waals surface area contributed by atoms with Crippen LogP contribution in [0.4, 0.5) is 5.69 Å². The first-order valence-electron chi connectivity index (χ1n) is 11.2. The molecule has 7 heteroatoms. The van der Waals surface area contributed by atoms with E-state index in [9.17, 15) is 9.59 Å². The molecule has 0 saturated carbocycles. The first-order chi connectivity index (χ1) is 15.7. The second kappa shape index (κ2) is 7.47. The molecular weight excluding hydrogens is 416 g/mol. The molecule has 0 bridgehead atoms. The average molecular weight is 445 g/mol. The van der Waals surface area contributed by atoms with Crippen molar-refractivity contribution in [1.82, 2.24) is 9.55 Å². The number of rotatable bonds is 3. The molecule has 1 aliphatic rings. The minimum absolute atomic E-state index is 0.0524. The van der Waals surface area contributed by atoms with E-state index in [1.807, 2.05) is 50.2 Å². The van der Waals surface area contributed by atoms with Gasteiger partial charge in [-0.2, -0.15) is 0 Å². The summed E-state index contributed by atoms with van der Waals surface area (Å²) < 4.78 is 7.66. The van der Waals surface area contributed by atoms with E-state index in [-0.39, 0.29) is 16.5 Å². The third-order valence-electron chi connectivity index (χ3n) is 7.01. The van der Waals surface area contributed by atoms with Gasteiger partial charge in [0.25, 0.3) is 11.5 Å². The monoisotopic (exact) mass is 444 g/mol. The molecule has 2 N–H and O–H groups in total. The van der Waals surface area contributed by atoms with Crippen LogP contribution in [0.25, 0.3) is 22.0 Å². The number of oxazole rings is 1. The van der Waals surface area contributed by atoms with Crippen molar-refractivity contribution < 1.29 is 9.21 Å². The Labute approximate surface area is 191 Å². The zero-order valence-corrected chi connectivity index (χ0v) is 19.4. The Hall–Kier alpha value is -3.61. The third-order valence-corrected chi connectivity index (χ3v) is 7.01. The van der Waals surface area contributed by atoms with Crippen LogP contribution in [0.1, 0.15) is 47.1 Å². The number of pyridine rings is 1. The maximum absolute atomic E-state index is 13.1. The number of carbonyl (C=O) groups excluding carboxylic acids is 1. The Balaban J connectivity index is 1.56. The van der Waals surface area contributed by atoms with E-state index in [1.165, 1.54) is 4.57 Å². The molecule has 5 rings (SSSR count).